The zero-order valence-electron chi connectivity index (χ0n) is 11.7. The molecule has 0 fully saturated rings. The highest BCUT2D eigenvalue weighted by Gasteiger charge is 2.15. The quantitative estimate of drug-likeness (QED) is 0.810. The minimum Gasteiger partial charge on any atom is -0.486 e. The summed E-state index contributed by atoms with van der Waals surface area (Å²) >= 11 is 3.56. The molecule has 0 atom stereocenters. The lowest BCUT2D eigenvalue weighted by atomic mass is 10.1. The van der Waals surface area contributed by atoms with Gasteiger partial charge in [-0.05, 0) is 59.4 Å². The van der Waals surface area contributed by atoms with Crippen LogP contribution >= 0.6 is 15.9 Å². The molecule has 0 unspecified atom stereocenters. The van der Waals surface area contributed by atoms with Crippen LogP contribution in [0.5, 0.6) is 11.5 Å². The average Bonchev–Trinajstić information content (AvgIpc) is 2.38. The van der Waals surface area contributed by atoms with E-state index in [0.717, 1.165) is 28.9 Å². The van der Waals surface area contributed by atoms with Crippen LogP contribution in [0.2, 0.25) is 0 Å². The normalized spacial score (nSPS) is 13.9. The average molecular weight is 328 g/mol. The molecule has 0 aromatic heterocycles. The van der Waals surface area contributed by atoms with Gasteiger partial charge in [0, 0.05) is 6.04 Å². The maximum atomic E-state index is 5.64. The van der Waals surface area contributed by atoms with Crippen LogP contribution in [-0.4, -0.2) is 25.8 Å². The van der Waals surface area contributed by atoms with Gasteiger partial charge in [-0.15, -0.1) is 0 Å². The van der Waals surface area contributed by atoms with E-state index in [2.05, 4.69) is 47.2 Å². The van der Waals surface area contributed by atoms with Crippen LogP contribution in [0.3, 0.4) is 0 Å². The molecule has 1 aliphatic heterocycles. The van der Waals surface area contributed by atoms with Crippen LogP contribution in [0.4, 0.5) is 0 Å². The molecule has 0 saturated heterocycles. The lowest BCUT2D eigenvalue weighted by Crippen LogP contribution is -2.23. The second-order valence-electron chi connectivity index (χ2n) is 5.17. The van der Waals surface area contributed by atoms with Crippen LogP contribution in [0.1, 0.15) is 32.3 Å². The van der Waals surface area contributed by atoms with Crippen LogP contribution < -0.4 is 14.8 Å². The number of hydrogen-bond donors (Lipinski definition) is 1. The van der Waals surface area contributed by atoms with E-state index in [9.17, 15) is 0 Å². The number of ether oxygens (including phenoxy) is 2. The number of halogens is 1. The summed E-state index contributed by atoms with van der Waals surface area (Å²) in [5.74, 6) is 1.72. The number of aryl methyl sites for hydroxylation is 1. The smallest absolute Gasteiger partial charge is 0.175 e. The molecule has 0 bridgehead atoms. The predicted molar refractivity (Wildman–Crippen MR) is 81.2 cm³/mol. The first-order chi connectivity index (χ1) is 9.16. The van der Waals surface area contributed by atoms with Gasteiger partial charge in [0.25, 0.3) is 0 Å². The van der Waals surface area contributed by atoms with Gasteiger partial charge < -0.3 is 14.8 Å². The first-order valence-electron chi connectivity index (χ1n) is 6.98. The minimum absolute atomic E-state index is 0.573. The number of rotatable bonds is 6. The Labute approximate surface area is 123 Å². The zero-order valence-corrected chi connectivity index (χ0v) is 13.3. The Hall–Kier alpha value is -0.740. The highest BCUT2D eigenvalue weighted by atomic mass is 79.9. The predicted octanol–water partition coefficient (Wildman–Crippen LogP) is 3.54. The SMILES string of the molecule is CC(C)NCCCCc1cc(Br)c2c(c1)OCCO2. The third kappa shape index (κ3) is 4.39. The molecule has 1 aliphatic rings. The molecular weight excluding hydrogens is 306 g/mol. The van der Waals surface area contributed by atoms with Crippen LogP contribution in [0.25, 0.3) is 0 Å². The Balaban J connectivity index is 1.85. The van der Waals surface area contributed by atoms with Gasteiger partial charge in [0.1, 0.15) is 13.2 Å². The van der Waals surface area contributed by atoms with Crippen molar-refractivity contribution >= 4 is 15.9 Å². The van der Waals surface area contributed by atoms with E-state index in [0.29, 0.717) is 19.3 Å². The molecule has 1 N–H and O–H groups in total. The lowest BCUT2D eigenvalue weighted by Gasteiger charge is -2.20. The lowest BCUT2D eigenvalue weighted by molar-refractivity contribution is 0.170. The molecule has 2 rings (SSSR count). The Kier molecular flexibility index (Phi) is 5.52. The topological polar surface area (TPSA) is 30.5 Å². The number of nitrogens with one attached hydrogen (secondary N) is 1. The van der Waals surface area contributed by atoms with Crippen molar-refractivity contribution in [3.63, 3.8) is 0 Å². The largest absolute Gasteiger partial charge is 0.486 e. The summed E-state index contributed by atoms with van der Waals surface area (Å²) in [6, 6.07) is 4.82. The Morgan fingerprint density at radius 1 is 1.21 bits per heavy atom. The van der Waals surface area contributed by atoms with Gasteiger partial charge >= 0.3 is 0 Å². The summed E-state index contributed by atoms with van der Waals surface area (Å²) < 4.78 is 12.2. The number of hydrogen-bond acceptors (Lipinski definition) is 3. The number of benzene rings is 1. The van der Waals surface area contributed by atoms with Crippen molar-refractivity contribution in [2.24, 2.45) is 0 Å². The van der Waals surface area contributed by atoms with Crippen molar-refractivity contribution < 1.29 is 9.47 Å². The fourth-order valence-corrected chi connectivity index (χ4v) is 2.76. The van der Waals surface area contributed by atoms with Crippen molar-refractivity contribution in [3.05, 3.63) is 22.2 Å². The molecule has 0 aliphatic carbocycles. The van der Waals surface area contributed by atoms with Crippen molar-refractivity contribution in [2.45, 2.75) is 39.2 Å². The van der Waals surface area contributed by atoms with Crippen LogP contribution in [0, 0.1) is 0 Å². The monoisotopic (exact) mass is 327 g/mol. The number of fused-ring (bicyclic) bond motifs is 1. The molecule has 1 aromatic rings. The van der Waals surface area contributed by atoms with E-state index in [1.54, 1.807) is 0 Å². The summed E-state index contributed by atoms with van der Waals surface area (Å²) in [7, 11) is 0. The maximum Gasteiger partial charge on any atom is 0.175 e. The highest BCUT2D eigenvalue weighted by Crippen LogP contribution is 2.38. The van der Waals surface area contributed by atoms with E-state index < -0.39 is 0 Å². The summed E-state index contributed by atoms with van der Waals surface area (Å²) in [4.78, 5) is 0. The summed E-state index contributed by atoms with van der Waals surface area (Å²) in [6.07, 6.45) is 3.46. The van der Waals surface area contributed by atoms with Gasteiger partial charge in [-0.3, -0.25) is 0 Å². The first-order valence-corrected chi connectivity index (χ1v) is 7.77. The fourth-order valence-electron chi connectivity index (χ4n) is 2.15. The first kappa shape index (κ1) is 14.7. The summed E-state index contributed by atoms with van der Waals surface area (Å²) in [6.45, 7) is 6.71. The van der Waals surface area contributed by atoms with Gasteiger partial charge in [-0.25, -0.2) is 0 Å². The molecule has 0 saturated carbocycles. The molecule has 19 heavy (non-hydrogen) atoms. The second-order valence-corrected chi connectivity index (χ2v) is 6.02. The van der Waals surface area contributed by atoms with Crippen molar-refractivity contribution in [2.75, 3.05) is 19.8 Å². The van der Waals surface area contributed by atoms with E-state index >= 15 is 0 Å². The molecule has 3 nitrogen and oxygen atoms in total. The standard InChI is InChI=1S/C15H22BrNO2/c1-11(2)17-6-4-3-5-12-9-13(16)15-14(10-12)18-7-8-19-15/h9-11,17H,3-8H2,1-2H3. The Bertz CT molecular complexity index is 421. The molecule has 4 heteroatoms. The van der Waals surface area contributed by atoms with Crippen molar-refractivity contribution in [3.8, 4) is 11.5 Å². The van der Waals surface area contributed by atoms with Gasteiger partial charge in [0.15, 0.2) is 11.5 Å². The van der Waals surface area contributed by atoms with E-state index in [1.807, 2.05) is 0 Å². The van der Waals surface area contributed by atoms with Gasteiger partial charge in [0.05, 0.1) is 4.47 Å². The third-order valence-electron chi connectivity index (χ3n) is 3.10. The minimum atomic E-state index is 0.573. The fraction of sp³-hybridized carbons (Fsp3) is 0.600. The Morgan fingerprint density at radius 3 is 2.79 bits per heavy atom. The van der Waals surface area contributed by atoms with E-state index in [4.69, 9.17) is 9.47 Å². The van der Waals surface area contributed by atoms with Gasteiger partial charge in [0.2, 0.25) is 0 Å². The van der Waals surface area contributed by atoms with Crippen LogP contribution in [-0.2, 0) is 6.42 Å². The van der Waals surface area contributed by atoms with Gasteiger partial charge in [-0.1, -0.05) is 13.8 Å². The summed E-state index contributed by atoms with van der Waals surface area (Å²) in [5, 5.41) is 3.44. The molecule has 0 radical (unpaired) electrons. The molecule has 0 amide bonds. The van der Waals surface area contributed by atoms with Crippen molar-refractivity contribution in [1.29, 1.82) is 0 Å². The molecule has 1 heterocycles. The third-order valence-corrected chi connectivity index (χ3v) is 3.69. The second kappa shape index (κ2) is 7.15. The van der Waals surface area contributed by atoms with Crippen LogP contribution in [0.15, 0.2) is 16.6 Å². The molecule has 106 valence electrons. The number of unbranched alkanes of at least 4 members (excludes halogenated alkanes) is 1. The zero-order chi connectivity index (χ0) is 13.7. The Morgan fingerprint density at radius 2 is 2.00 bits per heavy atom. The van der Waals surface area contributed by atoms with Gasteiger partial charge in [-0.2, -0.15) is 0 Å². The molecular formula is C15H22BrNO2. The molecule has 0 spiro atoms. The van der Waals surface area contributed by atoms with E-state index in [1.165, 1.54) is 18.4 Å². The van der Waals surface area contributed by atoms with Crippen molar-refractivity contribution in [1.82, 2.24) is 5.32 Å². The molecule has 1 aromatic carbocycles. The highest BCUT2D eigenvalue weighted by molar-refractivity contribution is 9.10. The van der Waals surface area contributed by atoms with E-state index in [-0.39, 0.29) is 0 Å². The maximum absolute atomic E-state index is 5.64. The summed E-state index contributed by atoms with van der Waals surface area (Å²) in [5.41, 5.74) is 1.31.